The molecule has 0 radical (unpaired) electrons. The normalized spacial score (nSPS) is 10.2. The Bertz CT molecular complexity index is 562. The highest BCUT2D eigenvalue weighted by atomic mass is 16.4. The van der Waals surface area contributed by atoms with Crippen LogP contribution in [-0.2, 0) is 0 Å². The number of hydrogen-bond acceptors (Lipinski definition) is 3. The van der Waals surface area contributed by atoms with Crippen molar-refractivity contribution in [1.82, 2.24) is 4.98 Å². The van der Waals surface area contributed by atoms with E-state index in [1.807, 2.05) is 31.2 Å². The fourth-order valence-corrected chi connectivity index (χ4v) is 1.57. The number of rotatable bonds is 2. The minimum Gasteiger partial charge on any atom is -0.477 e. The van der Waals surface area contributed by atoms with Crippen LogP contribution in [0.15, 0.2) is 36.4 Å². The molecule has 3 N–H and O–H groups in total. The lowest BCUT2D eigenvalue weighted by Crippen LogP contribution is -2.03. The number of pyridine rings is 1. The largest absolute Gasteiger partial charge is 0.477 e. The maximum absolute atomic E-state index is 10.7. The summed E-state index contributed by atoms with van der Waals surface area (Å²) in [4.78, 5) is 14.6. The monoisotopic (exact) mass is 228 g/mol. The second-order valence-corrected chi connectivity index (χ2v) is 3.80. The number of aryl methyl sites for hydroxylation is 1. The van der Waals surface area contributed by atoms with Crippen LogP contribution in [0.1, 0.15) is 16.1 Å². The van der Waals surface area contributed by atoms with Crippen molar-refractivity contribution in [1.29, 1.82) is 0 Å². The van der Waals surface area contributed by atoms with Crippen LogP contribution in [0.4, 0.5) is 5.82 Å². The fraction of sp³-hybridized carbons (Fsp3) is 0.0769. The topological polar surface area (TPSA) is 76.2 Å². The molecule has 0 aliphatic carbocycles. The first-order valence-electron chi connectivity index (χ1n) is 5.15. The molecule has 17 heavy (non-hydrogen) atoms. The molecule has 2 rings (SSSR count). The number of aromatic carboxylic acids is 1. The van der Waals surface area contributed by atoms with Crippen LogP contribution in [-0.4, -0.2) is 16.1 Å². The summed E-state index contributed by atoms with van der Waals surface area (Å²) in [5.41, 5.74) is 8.54. The molecular formula is C13H12N2O2. The molecular weight excluding hydrogens is 216 g/mol. The van der Waals surface area contributed by atoms with Crippen molar-refractivity contribution < 1.29 is 9.90 Å². The van der Waals surface area contributed by atoms with Gasteiger partial charge in [0.25, 0.3) is 0 Å². The number of carbonyl (C=O) groups is 1. The SMILES string of the molecule is Cc1ccc(-c2ccc(C(=O)O)nc2N)cc1. The molecule has 0 bridgehead atoms. The number of carboxylic acids is 1. The Hall–Kier alpha value is -2.36. The number of anilines is 1. The minimum absolute atomic E-state index is 0.0432. The maximum atomic E-state index is 10.7. The number of nitrogen functional groups attached to an aromatic ring is 1. The Labute approximate surface area is 98.7 Å². The summed E-state index contributed by atoms with van der Waals surface area (Å²) < 4.78 is 0. The number of benzene rings is 1. The molecule has 0 saturated carbocycles. The third-order valence-corrected chi connectivity index (χ3v) is 2.51. The fourth-order valence-electron chi connectivity index (χ4n) is 1.57. The van der Waals surface area contributed by atoms with Crippen LogP contribution in [0.5, 0.6) is 0 Å². The van der Waals surface area contributed by atoms with E-state index in [4.69, 9.17) is 10.8 Å². The number of aromatic nitrogens is 1. The van der Waals surface area contributed by atoms with E-state index in [-0.39, 0.29) is 11.5 Å². The highest BCUT2D eigenvalue weighted by Crippen LogP contribution is 2.24. The summed E-state index contributed by atoms with van der Waals surface area (Å²) in [6.45, 7) is 2.00. The molecule has 4 heteroatoms. The van der Waals surface area contributed by atoms with Gasteiger partial charge in [-0.3, -0.25) is 0 Å². The van der Waals surface area contributed by atoms with Gasteiger partial charge in [0.05, 0.1) is 0 Å². The Morgan fingerprint density at radius 1 is 1.18 bits per heavy atom. The summed E-state index contributed by atoms with van der Waals surface area (Å²) >= 11 is 0. The lowest BCUT2D eigenvalue weighted by molar-refractivity contribution is 0.0690. The van der Waals surface area contributed by atoms with Crippen LogP contribution in [0.2, 0.25) is 0 Å². The van der Waals surface area contributed by atoms with Gasteiger partial charge in [-0.15, -0.1) is 0 Å². The first-order valence-corrected chi connectivity index (χ1v) is 5.15. The highest BCUT2D eigenvalue weighted by Gasteiger charge is 2.09. The second kappa shape index (κ2) is 4.25. The molecule has 4 nitrogen and oxygen atoms in total. The van der Waals surface area contributed by atoms with Crippen LogP contribution in [0, 0.1) is 6.92 Å². The number of nitrogens with zero attached hydrogens (tertiary/aromatic N) is 1. The van der Waals surface area contributed by atoms with E-state index < -0.39 is 5.97 Å². The van der Waals surface area contributed by atoms with Crippen LogP contribution >= 0.6 is 0 Å². The van der Waals surface area contributed by atoms with Gasteiger partial charge in [0.15, 0.2) is 5.69 Å². The van der Waals surface area contributed by atoms with E-state index in [0.29, 0.717) is 0 Å². The van der Waals surface area contributed by atoms with Gasteiger partial charge in [0, 0.05) is 5.56 Å². The summed E-state index contributed by atoms with van der Waals surface area (Å²) in [6.07, 6.45) is 0. The molecule has 0 unspecified atom stereocenters. The van der Waals surface area contributed by atoms with Crippen LogP contribution in [0.25, 0.3) is 11.1 Å². The first-order chi connectivity index (χ1) is 8.08. The smallest absolute Gasteiger partial charge is 0.354 e. The lowest BCUT2D eigenvalue weighted by Gasteiger charge is -2.06. The standard InChI is InChI=1S/C13H12N2O2/c1-8-2-4-9(5-3-8)10-6-7-11(13(16)17)15-12(10)14/h2-7H,1H3,(H2,14,15)(H,16,17). The van der Waals surface area contributed by atoms with E-state index in [9.17, 15) is 4.79 Å². The molecule has 2 aromatic rings. The second-order valence-electron chi connectivity index (χ2n) is 3.80. The highest BCUT2D eigenvalue weighted by molar-refractivity contribution is 5.87. The van der Waals surface area contributed by atoms with Crippen molar-refractivity contribution >= 4 is 11.8 Å². The maximum Gasteiger partial charge on any atom is 0.354 e. The first kappa shape index (κ1) is 11.1. The summed E-state index contributed by atoms with van der Waals surface area (Å²) in [6, 6.07) is 10.9. The Kier molecular flexibility index (Phi) is 2.78. The summed E-state index contributed by atoms with van der Waals surface area (Å²) in [7, 11) is 0. The van der Waals surface area contributed by atoms with Crippen LogP contribution in [0.3, 0.4) is 0 Å². The Balaban J connectivity index is 2.46. The third kappa shape index (κ3) is 2.25. The van der Waals surface area contributed by atoms with E-state index in [2.05, 4.69) is 4.98 Å². The molecule has 1 aromatic heterocycles. The van der Waals surface area contributed by atoms with Gasteiger partial charge >= 0.3 is 5.97 Å². The molecule has 1 aromatic carbocycles. The summed E-state index contributed by atoms with van der Waals surface area (Å²) in [5.74, 6) is -0.846. The number of hydrogen-bond donors (Lipinski definition) is 2. The average Bonchev–Trinajstić information content (AvgIpc) is 2.30. The van der Waals surface area contributed by atoms with Crippen LogP contribution < -0.4 is 5.73 Å². The zero-order valence-electron chi connectivity index (χ0n) is 9.34. The van der Waals surface area contributed by atoms with E-state index in [0.717, 1.165) is 16.7 Å². The molecule has 0 aliphatic rings. The summed E-state index contributed by atoms with van der Waals surface area (Å²) in [5, 5.41) is 8.79. The molecule has 1 heterocycles. The van der Waals surface area contributed by atoms with Crippen molar-refractivity contribution in [3.8, 4) is 11.1 Å². The lowest BCUT2D eigenvalue weighted by atomic mass is 10.0. The molecule has 0 amide bonds. The van der Waals surface area contributed by atoms with Gasteiger partial charge in [0.2, 0.25) is 0 Å². The molecule has 0 spiro atoms. The number of nitrogens with two attached hydrogens (primary N) is 1. The predicted octanol–water partition coefficient (Wildman–Crippen LogP) is 2.34. The molecule has 86 valence electrons. The van der Waals surface area contributed by atoms with Gasteiger partial charge in [-0.05, 0) is 24.6 Å². The van der Waals surface area contributed by atoms with Crippen molar-refractivity contribution in [2.45, 2.75) is 6.92 Å². The average molecular weight is 228 g/mol. The van der Waals surface area contributed by atoms with E-state index >= 15 is 0 Å². The minimum atomic E-state index is -1.08. The van der Waals surface area contributed by atoms with Gasteiger partial charge in [-0.1, -0.05) is 29.8 Å². The van der Waals surface area contributed by atoms with Gasteiger partial charge in [-0.2, -0.15) is 0 Å². The quantitative estimate of drug-likeness (QED) is 0.827. The number of carboxylic acid groups (broad SMARTS) is 1. The van der Waals surface area contributed by atoms with Gasteiger partial charge < -0.3 is 10.8 Å². The van der Waals surface area contributed by atoms with Crippen molar-refractivity contribution in [3.63, 3.8) is 0 Å². The van der Waals surface area contributed by atoms with Gasteiger partial charge in [0.1, 0.15) is 5.82 Å². The third-order valence-electron chi connectivity index (χ3n) is 2.51. The molecule has 0 aliphatic heterocycles. The van der Waals surface area contributed by atoms with Crippen molar-refractivity contribution in [2.75, 3.05) is 5.73 Å². The van der Waals surface area contributed by atoms with Crippen molar-refractivity contribution in [2.24, 2.45) is 0 Å². The van der Waals surface area contributed by atoms with E-state index in [1.54, 1.807) is 6.07 Å². The molecule has 0 saturated heterocycles. The Morgan fingerprint density at radius 2 is 1.82 bits per heavy atom. The van der Waals surface area contributed by atoms with E-state index in [1.165, 1.54) is 6.07 Å². The molecule has 0 fully saturated rings. The predicted molar refractivity (Wildman–Crippen MR) is 65.8 cm³/mol. The zero-order valence-corrected chi connectivity index (χ0v) is 9.34. The zero-order chi connectivity index (χ0) is 12.4. The Morgan fingerprint density at radius 3 is 2.35 bits per heavy atom. The van der Waals surface area contributed by atoms with Crippen molar-refractivity contribution in [3.05, 3.63) is 47.7 Å². The van der Waals surface area contributed by atoms with Gasteiger partial charge in [-0.25, -0.2) is 9.78 Å². The molecule has 0 atom stereocenters.